The van der Waals surface area contributed by atoms with Crippen molar-refractivity contribution in [3.05, 3.63) is 22.7 Å². The Morgan fingerprint density at radius 1 is 1.26 bits per heavy atom. The largest absolute Gasteiger partial charge is 0.361 e. The van der Waals surface area contributed by atoms with Crippen molar-refractivity contribution in [1.29, 1.82) is 0 Å². The van der Waals surface area contributed by atoms with Gasteiger partial charge in [-0.3, -0.25) is 0 Å². The molecule has 0 unspecified atom stereocenters. The van der Waals surface area contributed by atoms with E-state index in [0.717, 1.165) is 23.7 Å². The number of hydrogen-bond donors (Lipinski definition) is 0. The first-order valence-electron chi connectivity index (χ1n) is 6.12. The summed E-state index contributed by atoms with van der Waals surface area (Å²) in [5.74, 6) is 0. The highest BCUT2D eigenvalue weighted by Gasteiger charge is 2.13. The van der Waals surface area contributed by atoms with Crippen LogP contribution in [-0.4, -0.2) is 29.2 Å². The van der Waals surface area contributed by atoms with Crippen LogP contribution in [0.25, 0.3) is 11.0 Å². The van der Waals surface area contributed by atoms with Crippen LogP contribution in [0.5, 0.6) is 0 Å². The lowest BCUT2D eigenvalue weighted by Crippen LogP contribution is -2.22. The van der Waals surface area contributed by atoms with Gasteiger partial charge in [0.25, 0.3) is 0 Å². The van der Waals surface area contributed by atoms with Crippen LogP contribution in [0.4, 0.5) is 0 Å². The minimum Gasteiger partial charge on any atom is -0.361 e. The van der Waals surface area contributed by atoms with Crippen molar-refractivity contribution in [2.24, 2.45) is 0 Å². The molecule has 2 aromatic heterocycles. The maximum absolute atomic E-state index is 6.09. The summed E-state index contributed by atoms with van der Waals surface area (Å²) in [6, 6.07) is 3.00. The number of fused-ring (bicyclic) bond motifs is 1. The highest BCUT2D eigenvalue weighted by molar-refractivity contribution is 6.76. The SMILES string of the molecule is C[Si](C)(C)CCOCn1ccc2nc(Cl)nc(Cl)c21. The Kier molecular flexibility index (Phi) is 4.50. The molecule has 0 bridgehead atoms. The van der Waals surface area contributed by atoms with E-state index in [2.05, 4.69) is 29.6 Å². The fourth-order valence-corrected chi connectivity index (χ4v) is 2.94. The third-order valence-electron chi connectivity index (χ3n) is 2.77. The number of rotatable bonds is 5. The average molecular weight is 318 g/mol. The third kappa shape index (κ3) is 3.92. The summed E-state index contributed by atoms with van der Waals surface area (Å²) in [4.78, 5) is 8.08. The number of hydrogen-bond acceptors (Lipinski definition) is 3. The fraction of sp³-hybridized carbons (Fsp3) is 0.500. The summed E-state index contributed by atoms with van der Waals surface area (Å²) in [5, 5.41) is 0.517. The summed E-state index contributed by atoms with van der Waals surface area (Å²) >= 11 is 11.9. The van der Waals surface area contributed by atoms with Gasteiger partial charge in [-0.15, -0.1) is 0 Å². The molecule has 2 rings (SSSR count). The van der Waals surface area contributed by atoms with E-state index in [4.69, 9.17) is 27.9 Å². The van der Waals surface area contributed by atoms with Gasteiger partial charge in [-0.1, -0.05) is 31.2 Å². The summed E-state index contributed by atoms with van der Waals surface area (Å²) in [5.41, 5.74) is 1.50. The lowest BCUT2D eigenvalue weighted by atomic mass is 10.5. The van der Waals surface area contributed by atoms with Gasteiger partial charge in [0.2, 0.25) is 5.28 Å². The smallest absolute Gasteiger partial charge is 0.224 e. The molecule has 2 heterocycles. The minimum absolute atomic E-state index is 0.162. The van der Waals surface area contributed by atoms with Crippen molar-refractivity contribution >= 4 is 42.3 Å². The van der Waals surface area contributed by atoms with Crippen molar-refractivity contribution in [2.45, 2.75) is 32.4 Å². The van der Waals surface area contributed by atoms with Crippen LogP contribution in [0, 0.1) is 0 Å². The van der Waals surface area contributed by atoms with Gasteiger partial charge in [0.05, 0.1) is 5.52 Å². The monoisotopic (exact) mass is 317 g/mol. The second-order valence-electron chi connectivity index (χ2n) is 5.65. The molecule has 104 valence electrons. The zero-order valence-corrected chi connectivity index (χ0v) is 13.8. The van der Waals surface area contributed by atoms with E-state index in [9.17, 15) is 0 Å². The number of nitrogens with zero attached hydrogens (tertiary/aromatic N) is 3. The van der Waals surface area contributed by atoms with Gasteiger partial charge in [0.15, 0.2) is 5.15 Å². The molecule has 0 N–H and O–H groups in total. The Balaban J connectivity index is 2.06. The Hall–Kier alpha value is -0.623. The molecule has 4 nitrogen and oxygen atoms in total. The molecular formula is C12H17Cl2N3OSi. The zero-order chi connectivity index (χ0) is 14.0. The lowest BCUT2D eigenvalue weighted by molar-refractivity contribution is 0.0902. The molecule has 0 radical (unpaired) electrons. The Bertz CT molecular complexity index is 580. The summed E-state index contributed by atoms with van der Waals surface area (Å²) in [6.07, 6.45) is 1.88. The number of ether oxygens (including phenoxy) is 1. The lowest BCUT2D eigenvalue weighted by Gasteiger charge is -2.15. The fourth-order valence-electron chi connectivity index (χ4n) is 1.68. The van der Waals surface area contributed by atoms with E-state index in [1.807, 2.05) is 16.8 Å². The predicted molar refractivity (Wildman–Crippen MR) is 81.7 cm³/mol. The van der Waals surface area contributed by atoms with Gasteiger partial charge in [-0.05, 0) is 23.7 Å². The van der Waals surface area contributed by atoms with E-state index in [-0.39, 0.29) is 5.28 Å². The third-order valence-corrected chi connectivity index (χ3v) is 4.90. The standard InChI is InChI=1S/C12H17Cl2N3OSi/c1-19(2,3)7-6-18-8-17-5-4-9-10(17)11(13)16-12(14)15-9/h4-5H,6-8H2,1-3H3. The van der Waals surface area contributed by atoms with Gasteiger partial charge >= 0.3 is 0 Å². The number of aromatic nitrogens is 3. The minimum atomic E-state index is -1.05. The predicted octanol–water partition coefficient (Wildman–Crippen LogP) is 4.05. The molecule has 0 aliphatic heterocycles. The molecule has 0 saturated heterocycles. The highest BCUT2D eigenvalue weighted by Crippen LogP contribution is 2.23. The molecule has 0 aliphatic carbocycles. The summed E-state index contributed by atoms with van der Waals surface area (Å²) in [7, 11) is -1.05. The van der Waals surface area contributed by atoms with Crippen molar-refractivity contribution in [3.63, 3.8) is 0 Å². The highest BCUT2D eigenvalue weighted by atomic mass is 35.5. The molecule has 2 aromatic rings. The summed E-state index contributed by atoms with van der Waals surface area (Å²) < 4.78 is 7.60. The van der Waals surface area contributed by atoms with Crippen LogP contribution in [0.1, 0.15) is 0 Å². The van der Waals surface area contributed by atoms with Crippen molar-refractivity contribution in [2.75, 3.05) is 6.61 Å². The summed E-state index contributed by atoms with van der Waals surface area (Å²) in [6.45, 7) is 8.20. The van der Waals surface area contributed by atoms with Gasteiger partial charge < -0.3 is 9.30 Å². The molecule has 0 spiro atoms. The van der Waals surface area contributed by atoms with Crippen LogP contribution in [0.2, 0.25) is 36.1 Å². The van der Waals surface area contributed by atoms with Gasteiger partial charge in [-0.2, -0.15) is 0 Å². The quantitative estimate of drug-likeness (QED) is 0.361. The van der Waals surface area contributed by atoms with Crippen LogP contribution >= 0.6 is 23.2 Å². The molecule has 0 fully saturated rings. The zero-order valence-electron chi connectivity index (χ0n) is 11.3. The van der Waals surface area contributed by atoms with Gasteiger partial charge in [0, 0.05) is 20.9 Å². The first kappa shape index (κ1) is 14.8. The van der Waals surface area contributed by atoms with Crippen LogP contribution < -0.4 is 0 Å². The molecule has 0 aliphatic rings. The molecule has 0 amide bonds. The first-order valence-corrected chi connectivity index (χ1v) is 10.6. The van der Waals surface area contributed by atoms with Crippen LogP contribution in [0.3, 0.4) is 0 Å². The Labute approximate surface area is 123 Å². The van der Waals surface area contributed by atoms with Crippen LogP contribution in [-0.2, 0) is 11.5 Å². The molecule has 7 heteroatoms. The second kappa shape index (κ2) is 5.79. The van der Waals surface area contributed by atoms with E-state index in [1.165, 1.54) is 0 Å². The van der Waals surface area contributed by atoms with E-state index >= 15 is 0 Å². The normalized spacial score (nSPS) is 12.3. The van der Waals surface area contributed by atoms with Crippen molar-refractivity contribution in [3.8, 4) is 0 Å². The van der Waals surface area contributed by atoms with Crippen LogP contribution in [0.15, 0.2) is 12.3 Å². The molecule has 0 saturated carbocycles. The maximum atomic E-state index is 6.09. The van der Waals surface area contributed by atoms with Gasteiger partial charge in [0.1, 0.15) is 12.2 Å². The Morgan fingerprint density at radius 2 is 2.00 bits per heavy atom. The molecule has 0 aromatic carbocycles. The maximum Gasteiger partial charge on any atom is 0.224 e. The average Bonchev–Trinajstić information content (AvgIpc) is 2.66. The second-order valence-corrected chi connectivity index (χ2v) is 12.0. The van der Waals surface area contributed by atoms with Crippen molar-refractivity contribution in [1.82, 2.24) is 14.5 Å². The van der Waals surface area contributed by atoms with E-state index in [1.54, 1.807) is 0 Å². The van der Waals surface area contributed by atoms with Gasteiger partial charge in [-0.25, -0.2) is 9.97 Å². The topological polar surface area (TPSA) is 39.9 Å². The Morgan fingerprint density at radius 3 is 2.68 bits per heavy atom. The van der Waals surface area contributed by atoms with E-state index < -0.39 is 8.07 Å². The molecule has 19 heavy (non-hydrogen) atoms. The van der Waals surface area contributed by atoms with Crippen molar-refractivity contribution < 1.29 is 4.74 Å². The molecule has 0 atom stereocenters. The first-order chi connectivity index (χ1) is 8.87. The number of halogens is 2. The molecular weight excluding hydrogens is 301 g/mol. The van der Waals surface area contributed by atoms with E-state index in [0.29, 0.717) is 11.9 Å².